The number of aliphatic hydroxyl groups is 1. The largest absolute Gasteiger partial charge is 0.473 e. The SMILES string of the molecule is C#Cc1cccc(NCC(O)COc2cnsn2)c1. The van der Waals surface area contributed by atoms with Gasteiger partial charge < -0.3 is 15.2 Å². The Bertz CT molecular complexity index is 551. The summed E-state index contributed by atoms with van der Waals surface area (Å²) in [5.74, 6) is 2.99. The van der Waals surface area contributed by atoms with Crippen LogP contribution in [0, 0.1) is 12.3 Å². The molecule has 0 aliphatic rings. The molecule has 0 radical (unpaired) electrons. The fourth-order valence-corrected chi connectivity index (χ4v) is 1.78. The van der Waals surface area contributed by atoms with E-state index in [9.17, 15) is 5.11 Å². The molecule has 19 heavy (non-hydrogen) atoms. The van der Waals surface area contributed by atoms with Gasteiger partial charge in [-0.15, -0.1) is 10.8 Å². The molecule has 0 fully saturated rings. The molecular weight excluding hydrogens is 262 g/mol. The molecule has 0 saturated carbocycles. The number of rotatable bonds is 6. The average molecular weight is 275 g/mol. The van der Waals surface area contributed by atoms with Crippen molar-refractivity contribution < 1.29 is 9.84 Å². The fraction of sp³-hybridized carbons (Fsp3) is 0.231. The zero-order valence-corrected chi connectivity index (χ0v) is 10.9. The number of aromatic nitrogens is 2. The van der Waals surface area contributed by atoms with E-state index in [1.165, 1.54) is 6.20 Å². The van der Waals surface area contributed by atoms with E-state index in [-0.39, 0.29) is 6.61 Å². The molecule has 2 rings (SSSR count). The van der Waals surface area contributed by atoms with Crippen molar-refractivity contribution in [3.8, 4) is 18.2 Å². The Kier molecular flexibility index (Phi) is 4.72. The first-order chi connectivity index (χ1) is 9.28. The number of nitrogens with zero attached hydrogens (tertiary/aromatic N) is 2. The second-order valence-corrected chi connectivity index (χ2v) is 4.37. The van der Waals surface area contributed by atoms with Crippen LogP contribution in [0.25, 0.3) is 0 Å². The van der Waals surface area contributed by atoms with E-state index in [0.717, 1.165) is 23.0 Å². The van der Waals surface area contributed by atoms with Crippen molar-refractivity contribution in [2.24, 2.45) is 0 Å². The van der Waals surface area contributed by atoms with Crippen molar-refractivity contribution in [3.05, 3.63) is 36.0 Å². The Morgan fingerprint density at radius 1 is 1.53 bits per heavy atom. The minimum Gasteiger partial charge on any atom is -0.473 e. The average Bonchev–Trinajstić information content (AvgIpc) is 2.96. The second-order valence-electron chi connectivity index (χ2n) is 3.82. The molecule has 0 aliphatic carbocycles. The van der Waals surface area contributed by atoms with Crippen LogP contribution in [0.5, 0.6) is 5.88 Å². The number of aliphatic hydroxyl groups excluding tert-OH is 1. The van der Waals surface area contributed by atoms with Crippen LogP contribution in [0.3, 0.4) is 0 Å². The van der Waals surface area contributed by atoms with Gasteiger partial charge >= 0.3 is 0 Å². The predicted octanol–water partition coefficient (Wildman–Crippen LogP) is 1.37. The number of nitrogens with one attached hydrogen (secondary N) is 1. The van der Waals surface area contributed by atoms with E-state index in [2.05, 4.69) is 20.0 Å². The van der Waals surface area contributed by atoms with Gasteiger partial charge in [-0.3, -0.25) is 0 Å². The van der Waals surface area contributed by atoms with Gasteiger partial charge in [-0.25, -0.2) is 0 Å². The fourth-order valence-electron chi connectivity index (χ4n) is 1.41. The quantitative estimate of drug-likeness (QED) is 0.779. The Balaban J connectivity index is 1.76. The lowest BCUT2D eigenvalue weighted by molar-refractivity contribution is 0.115. The lowest BCUT2D eigenvalue weighted by Gasteiger charge is -2.12. The summed E-state index contributed by atoms with van der Waals surface area (Å²) in [5, 5.41) is 12.9. The third-order valence-corrected chi connectivity index (χ3v) is 2.80. The molecular formula is C13H13N3O2S. The molecule has 1 heterocycles. The molecule has 0 bridgehead atoms. The first kappa shape index (κ1) is 13.3. The topological polar surface area (TPSA) is 67.3 Å². The second kappa shape index (κ2) is 6.73. The number of hydrogen-bond donors (Lipinski definition) is 2. The van der Waals surface area contributed by atoms with Gasteiger partial charge in [0.15, 0.2) is 0 Å². The van der Waals surface area contributed by atoms with Crippen LogP contribution >= 0.6 is 11.7 Å². The first-order valence-corrected chi connectivity index (χ1v) is 6.40. The van der Waals surface area contributed by atoms with Crippen molar-refractivity contribution in [2.75, 3.05) is 18.5 Å². The summed E-state index contributed by atoms with van der Waals surface area (Å²) < 4.78 is 12.9. The zero-order chi connectivity index (χ0) is 13.5. The summed E-state index contributed by atoms with van der Waals surface area (Å²) >= 11 is 1.06. The van der Waals surface area contributed by atoms with Crippen LogP contribution in [0.15, 0.2) is 30.5 Å². The summed E-state index contributed by atoms with van der Waals surface area (Å²) in [7, 11) is 0. The van der Waals surface area contributed by atoms with Gasteiger partial charge in [-0.05, 0) is 18.2 Å². The molecule has 0 aliphatic heterocycles. The van der Waals surface area contributed by atoms with E-state index < -0.39 is 6.10 Å². The lowest BCUT2D eigenvalue weighted by Crippen LogP contribution is -2.26. The highest BCUT2D eigenvalue weighted by molar-refractivity contribution is 6.99. The summed E-state index contributed by atoms with van der Waals surface area (Å²) in [6.45, 7) is 0.527. The van der Waals surface area contributed by atoms with E-state index in [1.54, 1.807) is 0 Å². The minimum absolute atomic E-state index is 0.160. The normalized spacial score (nSPS) is 11.6. The summed E-state index contributed by atoms with van der Waals surface area (Å²) in [4.78, 5) is 0. The standard InChI is InChI=1S/C13H13N3O2S/c1-2-10-4-3-5-11(6-10)14-7-12(17)9-18-13-8-15-19-16-13/h1,3-6,8,12,14,17H,7,9H2. The molecule has 2 aromatic rings. The Morgan fingerprint density at radius 2 is 2.42 bits per heavy atom. The molecule has 1 aromatic heterocycles. The van der Waals surface area contributed by atoms with Crippen molar-refractivity contribution in [1.29, 1.82) is 0 Å². The third kappa shape index (κ3) is 4.25. The number of ether oxygens (including phenoxy) is 1. The van der Waals surface area contributed by atoms with Gasteiger partial charge in [0, 0.05) is 17.8 Å². The maximum atomic E-state index is 9.76. The minimum atomic E-state index is -0.642. The van der Waals surface area contributed by atoms with Gasteiger partial charge in [0.2, 0.25) is 5.88 Å². The van der Waals surface area contributed by atoms with Crippen LogP contribution < -0.4 is 10.1 Å². The smallest absolute Gasteiger partial charge is 0.245 e. The lowest BCUT2D eigenvalue weighted by atomic mass is 10.2. The van der Waals surface area contributed by atoms with Crippen LogP contribution in [0.1, 0.15) is 5.56 Å². The van der Waals surface area contributed by atoms with E-state index in [0.29, 0.717) is 12.4 Å². The molecule has 0 spiro atoms. The van der Waals surface area contributed by atoms with Crippen molar-refractivity contribution >= 4 is 17.4 Å². The first-order valence-electron chi connectivity index (χ1n) is 5.67. The van der Waals surface area contributed by atoms with Crippen LogP contribution in [-0.4, -0.2) is 33.1 Å². The van der Waals surface area contributed by atoms with Crippen molar-refractivity contribution in [2.45, 2.75) is 6.10 Å². The predicted molar refractivity (Wildman–Crippen MR) is 74.3 cm³/mol. The monoisotopic (exact) mass is 275 g/mol. The molecule has 1 aromatic carbocycles. The van der Waals surface area contributed by atoms with E-state index >= 15 is 0 Å². The van der Waals surface area contributed by atoms with Crippen LogP contribution in [0.4, 0.5) is 5.69 Å². The molecule has 2 N–H and O–H groups in total. The highest BCUT2D eigenvalue weighted by atomic mass is 32.1. The van der Waals surface area contributed by atoms with Gasteiger partial charge in [0.1, 0.15) is 18.9 Å². The molecule has 98 valence electrons. The number of hydrogen-bond acceptors (Lipinski definition) is 6. The number of terminal acetylenes is 1. The van der Waals surface area contributed by atoms with E-state index in [1.807, 2.05) is 24.3 Å². The van der Waals surface area contributed by atoms with Gasteiger partial charge in [-0.2, -0.15) is 4.37 Å². The highest BCUT2D eigenvalue weighted by Crippen LogP contribution is 2.10. The van der Waals surface area contributed by atoms with Gasteiger partial charge in [-0.1, -0.05) is 12.0 Å². The zero-order valence-electron chi connectivity index (χ0n) is 10.1. The highest BCUT2D eigenvalue weighted by Gasteiger charge is 2.06. The maximum absolute atomic E-state index is 9.76. The van der Waals surface area contributed by atoms with Gasteiger partial charge in [0.05, 0.1) is 11.7 Å². The Morgan fingerprint density at radius 3 is 3.16 bits per heavy atom. The Labute approximate surface area is 115 Å². The number of benzene rings is 1. The molecule has 0 amide bonds. The molecule has 6 heteroatoms. The maximum Gasteiger partial charge on any atom is 0.245 e. The molecule has 1 unspecified atom stereocenters. The summed E-state index contributed by atoms with van der Waals surface area (Å²) in [6, 6.07) is 7.44. The van der Waals surface area contributed by atoms with Gasteiger partial charge in [0.25, 0.3) is 0 Å². The third-order valence-electron chi connectivity index (χ3n) is 2.34. The van der Waals surface area contributed by atoms with E-state index in [4.69, 9.17) is 11.2 Å². The van der Waals surface area contributed by atoms with Crippen LogP contribution in [-0.2, 0) is 0 Å². The molecule has 0 saturated heterocycles. The molecule has 1 atom stereocenters. The summed E-state index contributed by atoms with van der Waals surface area (Å²) in [6.07, 6.45) is 6.19. The molecule has 5 nitrogen and oxygen atoms in total. The Hall–Kier alpha value is -2.10. The van der Waals surface area contributed by atoms with Crippen molar-refractivity contribution in [1.82, 2.24) is 8.75 Å². The van der Waals surface area contributed by atoms with Crippen molar-refractivity contribution in [3.63, 3.8) is 0 Å². The summed E-state index contributed by atoms with van der Waals surface area (Å²) in [5.41, 5.74) is 1.66. The number of anilines is 1. The van der Waals surface area contributed by atoms with Crippen LogP contribution in [0.2, 0.25) is 0 Å².